The van der Waals surface area contributed by atoms with Crippen LogP contribution in [0.25, 0.3) is 10.9 Å². The number of anilines is 1. The predicted octanol–water partition coefficient (Wildman–Crippen LogP) is 3.53. The number of carboxylic acid groups (broad SMARTS) is 1. The smallest absolute Gasteiger partial charge is 0.407 e. The Morgan fingerprint density at radius 1 is 1.24 bits per heavy atom. The number of carbonyl (C=O) groups is 2. The number of carbonyl (C=O) groups excluding carboxylic acids is 1. The summed E-state index contributed by atoms with van der Waals surface area (Å²) in [6, 6.07) is 0.835. The number of carboxylic acids is 1. The fraction of sp³-hybridized carbons (Fsp3) is 0.542. The van der Waals surface area contributed by atoms with Gasteiger partial charge in [0.1, 0.15) is 16.9 Å². The molecular weight excluding hydrogens is 445 g/mol. The van der Waals surface area contributed by atoms with Crippen molar-refractivity contribution in [3.63, 3.8) is 0 Å². The monoisotopic (exact) mass is 475 g/mol. The molecule has 0 radical (unpaired) electrons. The van der Waals surface area contributed by atoms with Crippen LogP contribution >= 0.6 is 0 Å². The maximum absolute atomic E-state index is 15.5. The van der Waals surface area contributed by atoms with E-state index in [2.05, 4.69) is 5.32 Å². The van der Waals surface area contributed by atoms with Crippen molar-refractivity contribution in [1.29, 1.82) is 0 Å². The second-order valence-corrected chi connectivity index (χ2v) is 10.1. The molecule has 1 aliphatic heterocycles. The molecule has 2 heterocycles. The van der Waals surface area contributed by atoms with Gasteiger partial charge in [-0.05, 0) is 45.6 Å². The first-order valence-corrected chi connectivity index (χ1v) is 11.3. The second kappa shape index (κ2) is 8.48. The van der Waals surface area contributed by atoms with Crippen LogP contribution in [0.3, 0.4) is 0 Å². The first kappa shape index (κ1) is 23.8. The van der Waals surface area contributed by atoms with Crippen molar-refractivity contribution in [2.75, 3.05) is 25.1 Å². The molecule has 2 aromatic rings. The van der Waals surface area contributed by atoms with Crippen LogP contribution in [0, 0.1) is 11.7 Å². The molecule has 10 heteroatoms. The fourth-order valence-corrected chi connectivity index (χ4v) is 4.52. The molecule has 1 aliphatic carbocycles. The molecule has 34 heavy (non-hydrogen) atoms. The third kappa shape index (κ3) is 4.41. The van der Waals surface area contributed by atoms with Gasteiger partial charge < -0.3 is 29.4 Å². The summed E-state index contributed by atoms with van der Waals surface area (Å²) >= 11 is 0. The first-order valence-electron chi connectivity index (χ1n) is 11.3. The highest BCUT2D eigenvalue weighted by Gasteiger charge is 2.37. The van der Waals surface area contributed by atoms with Crippen LogP contribution in [-0.4, -0.2) is 53.6 Å². The molecule has 2 atom stereocenters. The van der Waals surface area contributed by atoms with Gasteiger partial charge in [0.2, 0.25) is 5.43 Å². The summed E-state index contributed by atoms with van der Waals surface area (Å²) in [5.74, 6) is -1.86. The Balaban J connectivity index is 1.77. The number of rotatable bonds is 5. The van der Waals surface area contributed by atoms with Crippen LogP contribution in [0.15, 0.2) is 17.1 Å². The molecule has 1 saturated heterocycles. The number of hydrogen-bond acceptors (Lipinski definition) is 6. The molecule has 2 N–H and O–H groups in total. The van der Waals surface area contributed by atoms with E-state index in [4.69, 9.17) is 9.47 Å². The normalized spacial score (nSPS) is 20.5. The number of aromatic carboxylic acids is 1. The van der Waals surface area contributed by atoms with Crippen molar-refractivity contribution in [1.82, 2.24) is 9.88 Å². The Labute approximate surface area is 196 Å². The van der Waals surface area contributed by atoms with Crippen molar-refractivity contribution in [3.8, 4) is 5.75 Å². The molecule has 1 aromatic carbocycles. The van der Waals surface area contributed by atoms with E-state index < -0.39 is 34.5 Å². The Kier molecular flexibility index (Phi) is 5.95. The van der Waals surface area contributed by atoms with E-state index in [9.17, 15) is 19.5 Å². The summed E-state index contributed by atoms with van der Waals surface area (Å²) in [6.45, 7) is 8.05. The highest BCUT2D eigenvalue weighted by Crippen LogP contribution is 2.44. The molecule has 0 bridgehead atoms. The molecule has 2 fully saturated rings. The van der Waals surface area contributed by atoms with Crippen molar-refractivity contribution < 1.29 is 28.6 Å². The van der Waals surface area contributed by atoms with Crippen LogP contribution in [0.2, 0.25) is 0 Å². The van der Waals surface area contributed by atoms with Crippen LogP contribution < -0.4 is 20.4 Å². The molecule has 2 unspecified atom stereocenters. The van der Waals surface area contributed by atoms with Crippen molar-refractivity contribution in [2.45, 2.75) is 58.2 Å². The lowest BCUT2D eigenvalue weighted by atomic mass is 10.1. The average molecular weight is 476 g/mol. The number of ether oxygens (including phenoxy) is 2. The van der Waals surface area contributed by atoms with Crippen LogP contribution in [-0.2, 0) is 4.74 Å². The van der Waals surface area contributed by atoms with Gasteiger partial charge in [0, 0.05) is 25.3 Å². The summed E-state index contributed by atoms with van der Waals surface area (Å²) in [6.07, 6.45) is 2.44. The van der Waals surface area contributed by atoms with E-state index in [1.807, 2.05) is 6.92 Å². The van der Waals surface area contributed by atoms with Gasteiger partial charge in [-0.2, -0.15) is 0 Å². The Bertz CT molecular complexity index is 1210. The number of alkyl carbamates (subject to hydrolysis) is 1. The second-order valence-electron chi connectivity index (χ2n) is 10.1. The zero-order chi connectivity index (χ0) is 24.9. The molecule has 0 spiro atoms. The molecule has 1 saturated carbocycles. The summed E-state index contributed by atoms with van der Waals surface area (Å²) < 4.78 is 28.2. The molecule has 4 rings (SSSR count). The van der Waals surface area contributed by atoms with E-state index in [1.54, 1.807) is 30.2 Å². The number of aromatic nitrogens is 1. The molecular formula is C24H30FN3O6. The number of benzene rings is 1. The van der Waals surface area contributed by atoms with Gasteiger partial charge in [0.15, 0.2) is 11.6 Å². The molecule has 184 valence electrons. The number of methoxy groups -OCH3 is 1. The number of pyridine rings is 1. The number of fused-ring (bicyclic) bond motifs is 1. The summed E-state index contributed by atoms with van der Waals surface area (Å²) in [7, 11) is 1.40. The van der Waals surface area contributed by atoms with E-state index in [-0.39, 0.29) is 34.8 Å². The Morgan fingerprint density at radius 3 is 2.47 bits per heavy atom. The maximum atomic E-state index is 15.5. The van der Waals surface area contributed by atoms with Gasteiger partial charge in [0.25, 0.3) is 0 Å². The SMILES string of the molecule is COc1c(N2CC(C)C(NC(=O)OC(C)(C)C)C2)c(F)cc2c(=O)c(C(=O)O)cn(C3CC3)c12. The van der Waals surface area contributed by atoms with E-state index in [1.165, 1.54) is 13.3 Å². The van der Waals surface area contributed by atoms with Crippen LogP contribution in [0.5, 0.6) is 5.75 Å². The van der Waals surface area contributed by atoms with E-state index in [0.717, 1.165) is 18.9 Å². The third-order valence-corrected chi connectivity index (χ3v) is 6.20. The topological polar surface area (TPSA) is 110 Å². The highest BCUT2D eigenvalue weighted by molar-refractivity contribution is 5.97. The van der Waals surface area contributed by atoms with Gasteiger partial charge in [-0.3, -0.25) is 4.79 Å². The van der Waals surface area contributed by atoms with Crippen molar-refractivity contribution in [2.24, 2.45) is 5.92 Å². The Morgan fingerprint density at radius 2 is 1.91 bits per heavy atom. The quantitative estimate of drug-likeness (QED) is 0.681. The zero-order valence-corrected chi connectivity index (χ0v) is 20.0. The summed E-state index contributed by atoms with van der Waals surface area (Å²) in [4.78, 5) is 38.6. The largest absolute Gasteiger partial charge is 0.492 e. The van der Waals surface area contributed by atoms with Crippen LogP contribution in [0.1, 0.15) is 56.9 Å². The summed E-state index contributed by atoms with van der Waals surface area (Å²) in [5.41, 5.74) is -1.21. The minimum atomic E-state index is -1.35. The number of nitrogens with zero attached hydrogens (tertiary/aromatic N) is 2. The number of halogens is 1. The van der Waals surface area contributed by atoms with Gasteiger partial charge in [0.05, 0.1) is 24.1 Å². The standard InChI is InChI=1S/C24H30FN3O6/c1-12-9-27(11-17(12)26-23(32)34-24(2,3)4)19-16(25)8-14-18(21(19)33-5)28(13-6-7-13)10-15(20(14)29)22(30)31/h8,10,12-13,17H,6-7,9,11H2,1-5H3,(H,26,32)(H,30,31). The highest BCUT2D eigenvalue weighted by atomic mass is 19.1. The van der Waals surface area contributed by atoms with Crippen LogP contribution in [0.4, 0.5) is 14.9 Å². The fourth-order valence-electron chi connectivity index (χ4n) is 4.52. The van der Waals surface area contributed by atoms with Gasteiger partial charge in [-0.15, -0.1) is 0 Å². The minimum absolute atomic E-state index is 0.00710. The number of nitrogens with one attached hydrogen (secondary N) is 1. The van der Waals surface area contributed by atoms with E-state index in [0.29, 0.717) is 18.6 Å². The number of hydrogen-bond donors (Lipinski definition) is 2. The van der Waals surface area contributed by atoms with Crippen molar-refractivity contribution >= 4 is 28.7 Å². The third-order valence-electron chi connectivity index (χ3n) is 6.20. The maximum Gasteiger partial charge on any atom is 0.407 e. The lowest BCUT2D eigenvalue weighted by Crippen LogP contribution is -2.42. The molecule has 1 amide bonds. The minimum Gasteiger partial charge on any atom is -0.492 e. The molecule has 2 aliphatic rings. The first-order chi connectivity index (χ1) is 15.9. The predicted molar refractivity (Wildman–Crippen MR) is 124 cm³/mol. The lowest BCUT2D eigenvalue weighted by molar-refractivity contribution is 0.0499. The summed E-state index contributed by atoms with van der Waals surface area (Å²) in [5, 5.41) is 12.3. The molecule has 1 aromatic heterocycles. The molecule has 9 nitrogen and oxygen atoms in total. The Hall–Kier alpha value is -3.30. The van der Waals surface area contributed by atoms with Crippen molar-refractivity contribution in [3.05, 3.63) is 33.9 Å². The van der Waals surface area contributed by atoms with Gasteiger partial charge in [-0.1, -0.05) is 6.92 Å². The van der Waals surface area contributed by atoms with Gasteiger partial charge >= 0.3 is 12.1 Å². The van der Waals surface area contributed by atoms with E-state index >= 15 is 4.39 Å². The lowest BCUT2D eigenvalue weighted by Gasteiger charge is -2.25. The van der Waals surface area contributed by atoms with Gasteiger partial charge in [-0.25, -0.2) is 14.0 Å². The zero-order valence-electron chi connectivity index (χ0n) is 20.0. The number of amides is 1. The average Bonchev–Trinajstić information content (AvgIpc) is 3.50.